The van der Waals surface area contributed by atoms with E-state index in [1.54, 1.807) is 6.92 Å². The van der Waals surface area contributed by atoms with Crippen molar-refractivity contribution in [3.05, 3.63) is 42.2 Å². The molecule has 3 heteroatoms. The molecule has 2 rings (SSSR count). The van der Waals surface area contributed by atoms with Crippen molar-refractivity contribution in [3.8, 4) is 0 Å². The molecule has 0 bridgehead atoms. The number of benzene rings is 1. The van der Waals surface area contributed by atoms with Gasteiger partial charge in [0.05, 0.1) is 0 Å². The first-order valence-corrected chi connectivity index (χ1v) is 7.27. The zero-order valence-corrected chi connectivity index (χ0v) is 12.3. The number of rotatable bonds is 5. The first-order chi connectivity index (χ1) is 9.69. The molecule has 0 fully saturated rings. The lowest BCUT2D eigenvalue weighted by molar-refractivity contribution is -0.388. The number of fused-ring (bicyclic) bond motifs is 1. The number of H-pyrrole nitrogens is 1. The van der Waals surface area contributed by atoms with Crippen molar-refractivity contribution in [1.82, 2.24) is 0 Å². The number of carboxylic acid groups (broad SMARTS) is 1. The van der Waals surface area contributed by atoms with Gasteiger partial charge in [-0.25, -0.2) is 4.98 Å². The van der Waals surface area contributed by atoms with Gasteiger partial charge in [0.2, 0.25) is 0 Å². The molecule has 0 saturated heterocycles. The van der Waals surface area contributed by atoms with E-state index < -0.39 is 5.97 Å². The molecule has 2 aromatic rings. The van der Waals surface area contributed by atoms with E-state index in [0.717, 1.165) is 6.42 Å². The van der Waals surface area contributed by atoms with E-state index in [1.807, 2.05) is 6.20 Å². The Bertz CT molecular complexity index is 532. The third-order valence-corrected chi connectivity index (χ3v) is 3.04. The predicted octanol–water partition coefficient (Wildman–Crippen LogP) is 2.53. The first kappa shape index (κ1) is 16.2. The summed E-state index contributed by atoms with van der Waals surface area (Å²) in [4.78, 5) is 12.8. The molecule has 0 radical (unpaired) electrons. The lowest BCUT2D eigenvalue weighted by Crippen LogP contribution is -2.20. The Kier molecular flexibility index (Phi) is 7.33. The third-order valence-electron chi connectivity index (χ3n) is 3.04. The number of aromatic amines is 1. The zero-order valence-electron chi connectivity index (χ0n) is 12.3. The van der Waals surface area contributed by atoms with Gasteiger partial charge < -0.3 is 9.90 Å². The van der Waals surface area contributed by atoms with Crippen LogP contribution in [0.5, 0.6) is 0 Å². The van der Waals surface area contributed by atoms with Gasteiger partial charge in [-0.3, -0.25) is 0 Å². The summed E-state index contributed by atoms with van der Waals surface area (Å²) < 4.78 is 0. The summed E-state index contributed by atoms with van der Waals surface area (Å²) in [6.07, 6.45) is 6.54. The van der Waals surface area contributed by atoms with E-state index in [0.29, 0.717) is 6.42 Å². The zero-order chi connectivity index (χ0) is 14.8. The van der Waals surface area contributed by atoms with E-state index in [9.17, 15) is 9.90 Å². The number of unbranched alkanes of at least 4 members (excludes halogenated alkanes) is 1. The third kappa shape index (κ3) is 5.39. The van der Waals surface area contributed by atoms with Gasteiger partial charge in [0.25, 0.3) is 0 Å². The number of aromatic nitrogens is 1. The minimum atomic E-state index is -0.961. The van der Waals surface area contributed by atoms with Crippen molar-refractivity contribution < 1.29 is 14.9 Å². The molecule has 0 unspecified atom stereocenters. The molecule has 0 saturated carbocycles. The monoisotopic (exact) mass is 273 g/mol. The quantitative estimate of drug-likeness (QED) is 0.840. The maximum Gasteiger partial charge on any atom is 0.187 e. The van der Waals surface area contributed by atoms with Crippen molar-refractivity contribution in [2.24, 2.45) is 0 Å². The summed E-state index contributed by atoms with van der Waals surface area (Å²) in [6.45, 7) is 4.03. The maximum atomic E-state index is 9.49. The fourth-order valence-electron chi connectivity index (χ4n) is 1.99. The maximum absolute atomic E-state index is 9.49. The van der Waals surface area contributed by atoms with E-state index in [2.05, 4.69) is 42.2 Å². The number of carbonyl (C=O) groups is 1. The average Bonchev–Trinajstić information content (AvgIpc) is 2.45. The predicted molar refractivity (Wildman–Crippen MR) is 79.0 cm³/mol. The number of aryl methyl sites for hydroxylation is 1. The van der Waals surface area contributed by atoms with Gasteiger partial charge in [0.15, 0.2) is 11.9 Å². The standard InChI is InChI=1S/C13H15N.C4H8O2/c1-2-3-8-13-12-7-5-4-6-11(12)9-10-14-13;1-2-3-4(5)6/h4-7,9-10H,2-3,8H2,1H3;2-3H2,1H3,(H,5,6). The summed E-state index contributed by atoms with van der Waals surface area (Å²) >= 11 is 0. The highest BCUT2D eigenvalue weighted by molar-refractivity contribution is 5.83. The average molecular weight is 273 g/mol. The van der Waals surface area contributed by atoms with Crippen molar-refractivity contribution >= 4 is 16.7 Å². The highest BCUT2D eigenvalue weighted by Crippen LogP contribution is 2.15. The van der Waals surface area contributed by atoms with Crippen LogP contribution in [0.25, 0.3) is 10.8 Å². The largest absolute Gasteiger partial charge is 0.550 e. The highest BCUT2D eigenvalue weighted by Gasteiger charge is 2.05. The van der Waals surface area contributed by atoms with Gasteiger partial charge in [-0.05, 0) is 24.3 Å². The van der Waals surface area contributed by atoms with Crippen LogP contribution in [-0.2, 0) is 11.2 Å². The van der Waals surface area contributed by atoms with Crippen LogP contribution in [0.4, 0.5) is 0 Å². The molecular weight excluding hydrogens is 250 g/mol. The number of hydrogen-bond donors (Lipinski definition) is 0. The fourth-order valence-corrected chi connectivity index (χ4v) is 1.99. The van der Waals surface area contributed by atoms with Crippen LogP contribution < -0.4 is 10.1 Å². The molecule has 0 aliphatic carbocycles. The van der Waals surface area contributed by atoms with Crippen molar-refractivity contribution in [2.45, 2.75) is 46.0 Å². The molecule has 0 aliphatic heterocycles. The van der Waals surface area contributed by atoms with Crippen LogP contribution in [0.2, 0.25) is 0 Å². The normalized spacial score (nSPS) is 9.90. The van der Waals surface area contributed by atoms with Crippen molar-refractivity contribution in [3.63, 3.8) is 0 Å². The molecule has 1 heterocycles. The summed E-state index contributed by atoms with van der Waals surface area (Å²) in [5, 5.41) is 12.2. The highest BCUT2D eigenvalue weighted by atomic mass is 16.4. The Balaban J connectivity index is 0.000000286. The molecule has 3 nitrogen and oxygen atoms in total. The van der Waals surface area contributed by atoms with Crippen molar-refractivity contribution in [1.29, 1.82) is 0 Å². The van der Waals surface area contributed by atoms with Gasteiger partial charge in [-0.15, -0.1) is 0 Å². The number of carboxylic acids is 1. The lowest BCUT2D eigenvalue weighted by atomic mass is 10.1. The minimum Gasteiger partial charge on any atom is -0.550 e. The molecule has 20 heavy (non-hydrogen) atoms. The van der Waals surface area contributed by atoms with Crippen LogP contribution in [-0.4, -0.2) is 5.97 Å². The molecular formula is C17H23NO2. The van der Waals surface area contributed by atoms with E-state index in [1.165, 1.54) is 29.3 Å². The number of aliphatic carboxylic acids is 1. The van der Waals surface area contributed by atoms with Crippen LogP contribution in [0.15, 0.2) is 36.5 Å². The number of carbonyl (C=O) groups excluding carboxylic acids is 1. The summed E-state index contributed by atoms with van der Waals surface area (Å²) in [5.41, 5.74) is 1.37. The summed E-state index contributed by atoms with van der Waals surface area (Å²) in [6, 6.07) is 10.7. The molecule has 0 amide bonds. The Morgan fingerprint density at radius 1 is 1.15 bits per heavy atom. The van der Waals surface area contributed by atoms with Gasteiger partial charge in [-0.2, -0.15) is 0 Å². The lowest BCUT2D eigenvalue weighted by Gasteiger charge is -1.98. The van der Waals surface area contributed by atoms with Crippen LogP contribution >= 0.6 is 0 Å². The smallest absolute Gasteiger partial charge is 0.187 e. The first-order valence-electron chi connectivity index (χ1n) is 7.27. The van der Waals surface area contributed by atoms with E-state index in [-0.39, 0.29) is 6.42 Å². The fraction of sp³-hybridized carbons (Fsp3) is 0.412. The molecule has 0 aliphatic rings. The number of pyridine rings is 1. The topological polar surface area (TPSA) is 54.3 Å². The second kappa shape index (κ2) is 9.08. The molecule has 1 N–H and O–H groups in total. The molecule has 0 spiro atoms. The van der Waals surface area contributed by atoms with Crippen LogP contribution in [0.3, 0.4) is 0 Å². The summed E-state index contributed by atoms with van der Waals surface area (Å²) in [7, 11) is 0. The molecule has 0 atom stereocenters. The van der Waals surface area contributed by atoms with Crippen LogP contribution in [0, 0.1) is 0 Å². The SMILES string of the molecule is CCCC(=O)[O-].CCCCc1[nH+]ccc2ccccc12. The Morgan fingerprint density at radius 2 is 1.90 bits per heavy atom. The molecule has 108 valence electrons. The van der Waals surface area contributed by atoms with Crippen LogP contribution in [0.1, 0.15) is 45.2 Å². The Labute approximate surface area is 120 Å². The van der Waals surface area contributed by atoms with E-state index in [4.69, 9.17) is 0 Å². The van der Waals surface area contributed by atoms with Crippen molar-refractivity contribution in [2.75, 3.05) is 0 Å². The van der Waals surface area contributed by atoms with Gasteiger partial charge in [0, 0.05) is 23.8 Å². The Morgan fingerprint density at radius 3 is 2.50 bits per heavy atom. The summed E-state index contributed by atoms with van der Waals surface area (Å²) in [5.74, 6) is -0.961. The second-order valence-corrected chi connectivity index (χ2v) is 4.77. The number of hydrogen-bond acceptors (Lipinski definition) is 2. The number of nitrogens with one attached hydrogen (secondary N) is 1. The van der Waals surface area contributed by atoms with Gasteiger partial charge in [-0.1, -0.05) is 44.9 Å². The second-order valence-electron chi connectivity index (χ2n) is 4.77. The molecule has 1 aromatic heterocycles. The Hall–Kier alpha value is -1.90. The van der Waals surface area contributed by atoms with Gasteiger partial charge >= 0.3 is 0 Å². The molecule has 1 aromatic carbocycles. The van der Waals surface area contributed by atoms with E-state index >= 15 is 0 Å². The minimum absolute atomic E-state index is 0.181. The van der Waals surface area contributed by atoms with Gasteiger partial charge in [0.1, 0.15) is 0 Å².